The standard InChI is InChI=1S/C17H21NO/c1-12-9-10-13-6-2-3-7-14(13)16(12)17(18)15-8-4-5-11-19-15/h2-3,6-7,9-10,15,17H,4-5,8,11,18H2,1H3. The maximum Gasteiger partial charge on any atom is 0.0767 e. The summed E-state index contributed by atoms with van der Waals surface area (Å²) in [7, 11) is 0. The fourth-order valence-corrected chi connectivity index (χ4v) is 3.08. The molecular weight excluding hydrogens is 234 g/mol. The van der Waals surface area contributed by atoms with Crippen molar-refractivity contribution in [3.8, 4) is 0 Å². The fourth-order valence-electron chi connectivity index (χ4n) is 3.08. The predicted molar refractivity (Wildman–Crippen MR) is 79.2 cm³/mol. The molecule has 2 atom stereocenters. The summed E-state index contributed by atoms with van der Waals surface area (Å²) >= 11 is 0. The number of rotatable bonds is 2. The van der Waals surface area contributed by atoms with Crippen molar-refractivity contribution < 1.29 is 4.74 Å². The van der Waals surface area contributed by atoms with Gasteiger partial charge >= 0.3 is 0 Å². The Morgan fingerprint density at radius 3 is 2.79 bits per heavy atom. The molecule has 1 fully saturated rings. The van der Waals surface area contributed by atoms with Crippen LogP contribution in [0.25, 0.3) is 10.8 Å². The average molecular weight is 255 g/mol. The monoisotopic (exact) mass is 255 g/mol. The molecule has 2 aromatic rings. The lowest BCUT2D eigenvalue weighted by Gasteiger charge is -2.29. The minimum absolute atomic E-state index is 0.0219. The summed E-state index contributed by atoms with van der Waals surface area (Å²) in [5, 5.41) is 2.53. The van der Waals surface area contributed by atoms with Crippen molar-refractivity contribution in [2.75, 3.05) is 6.61 Å². The highest BCUT2D eigenvalue weighted by Crippen LogP contribution is 2.32. The topological polar surface area (TPSA) is 35.2 Å². The molecule has 3 rings (SSSR count). The van der Waals surface area contributed by atoms with Crippen molar-refractivity contribution in [2.45, 2.75) is 38.3 Å². The van der Waals surface area contributed by atoms with Crippen LogP contribution in [0.3, 0.4) is 0 Å². The molecular formula is C17H21NO. The van der Waals surface area contributed by atoms with Gasteiger partial charge in [-0.05, 0) is 48.1 Å². The Balaban J connectivity index is 2.05. The highest BCUT2D eigenvalue weighted by Gasteiger charge is 2.25. The summed E-state index contributed by atoms with van der Waals surface area (Å²) in [6, 6.07) is 12.8. The molecule has 2 heteroatoms. The highest BCUT2D eigenvalue weighted by molar-refractivity contribution is 5.87. The summed E-state index contributed by atoms with van der Waals surface area (Å²) < 4.78 is 5.87. The zero-order chi connectivity index (χ0) is 13.2. The van der Waals surface area contributed by atoms with E-state index in [0.29, 0.717) is 0 Å². The molecule has 0 bridgehead atoms. The Labute approximate surface area is 114 Å². The van der Waals surface area contributed by atoms with Gasteiger partial charge in [0.25, 0.3) is 0 Å². The molecule has 2 nitrogen and oxygen atoms in total. The molecule has 19 heavy (non-hydrogen) atoms. The number of fused-ring (bicyclic) bond motifs is 1. The van der Waals surface area contributed by atoms with Crippen LogP contribution in [-0.4, -0.2) is 12.7 Å². The van der Waals surface area contributed by atoms with Gasteiger partial charge in [0.05, 0.1) is 12.1 Å². The van der Waals surface area contributed by atoms with E-state index in [1.165, 1.54) is 28.3 Å². The van der Waals surface area contributed by atoms with E-state index >= 15 is 0 Å². The Kier molecular flexibility index (Phi) is 3.54. The van der Waals surface area contributed by atoms with Crippen LogP contribution in [0.2, 0.25) is 0 Å². The van der Waals surface area contributed by atoms with Crippen molar-refractivity contribution in [1.82, 2.24) is 0 Å². The number of hydrogen-bond donors (Lipinski definition) is 1. The van der Waals surface area contributed by atoms with Gasteiger partial charge in [-0.15, -0.1) is 0 Å². The van der Waals surface area contributed by atoms with Crippen LogP contribution in [0, 0.1) is 6.92 Å². The van der Waals surface area contributed by atoms with E-state index in [1.54, 1.807) is 0 Å². The molecule has 0 saturated carbocycles. The van der Waals surface area contributed by atoms with Crippen molar-refractivity contribution in [2.24, 2.45) is 5.73 Å². The summed E-state index contributed by atoms with van der Waals surface area (Å²) in [6.45, 7) is 2.99. The second kappa shape index (κ2) is 5.32. The van der Waals surface area contributed by atoms with Gasteiger partial charge in [-0.25, -0.2) is 0 Å². The molecule has 0 radical (unpaired) electrons. The first kappa shape index (κ1) is 12.6. The Hall–Kier alpha value is -1.38. The largest absolute Gasteiger partial charge is 0.376 e. The van der Waals surface area contributed by atoms with Crippen LogP contribution in [0.5, 0.6) is 0 Å². The molecule has 2 aromatic carbocycles. The summed E-state index contributed by atoms with van der Waals surface area (Å²) in [6.07, 6.45) is 3.63. The molecule has 0 aromatic heterocycles. The maximum atomic E-state index is 6.51. The lowest BCUT2D eigenvalue weighted by atomic mass is 9.89. The number of benzene rings is 2. The Morgan fingerprint density at radius 2 is 2.00 bits per heavy atom. The lowest BCUT2D eigenvalue weighted by molar-refractivity contribution is 0.000165. The minimum Gasteiger partial charge on any atom is -0.376 e. The Bertz CT molecular complexity index is 572. The van der Waals surface area contributed by atoms with Gasteiger partial charge in [-0.2, -0.15) is 0 Å². The van der Waals surface area contributed by atoms with Gasteiger partial charge in [0, 0.05) is 6.61 Å². The molecule has 1 heterocycles. The van der Waals surface area contributed by atoms with E-state index in [2.05, 4.69) is 43.3 Å². The molecule has 0 aliphatic carbocycles. The average Bonchev–Trinajstić information content (AvgIpc) is 2.47. The molecule has 2 unspecified atom stereocenters. The molecule has 0 spiro atoms. The lowest BCUT2D eigenvalue weighted by Crippen LogP contribution is -2.32. The number of aryl methyl sites for hydroxylation is 1. The van der Waals surface area contributed by atoms with Crippen molar-refractivity contribution >= 4 is 10.8 Å². The maximum absolute atomic E-state index is 6.51. The van der Waals surface area contributed by atoms with Gasteiger partial charge < -0.3 is 10.5 Å². The van der Waals surface area contributed by atoms with Crippen molar-refractivity contribution in [1.29, 1.82) is 0 Å². The number of ether oxygens (including phenoxy) is 1. The first-order valence-corrected chi connectivity index (χ1v) is 7.13. The summed E-state index contributed by atoms with van der Waals surface area (Å²) in [5.41, 5.74) is 9.03. The van der Waals surface area contributed by atoms with Crippen LogP contribution < -0.4 is 5.73 Å². The van der Waals surface area contributed by atoms with Crippen LogP contribution in [0.15, 0.2) is 36.4 Å². The zero-order valence-corrected chi connectivity index (χ0v) is 11.4. The van der Waals surface area contributed by atoms with Crippen molar-refractivity contribution in [3.63, 3.8) is 0 Å². The van der Waals surface area contributed by atoms with Crippen molar-refractivity contribution in [3.05, 3.63) is 47.5 Å². The third-order valence-corrected chi connectivity index (χ3v) is 4.14. The van der Waals surface area contributed by atoms with E-state index in [9.17, 15) is 0 Å². The third-order valence-electron chi connectivity index (χ3n) is 4.14. The van der Waals surface area contributed by atoms with Crippen LogP contribution in [-0.2, 0) is 4.74 Å². The molecule has 1 saturated heterocycles. The molecule has 1 aliphatic heterocycles. The van der Waals surface area contributed by atoms with Gasteiger partial charge in [-0.3, -0.25) is 0 Å². The van der Waals surface area contributed by atoms with E-state index in [0.717, 1.165) is 19.4 Å². The second-order valence-electron chi connectivity index (χ2n) is 5.45. The van der Waals surface area contributed by atoms with E-state index in [-0.39, 0.29) is 12.1 Å². The van der Waals surface area contributed by atoms with Gasteiger partial charge in [0.2, 0.25) is 0 Å². The van der Waals surface area contributed by atoms with Crippen LogP contribution in [0.1, 0.15) is 36.4 Å². The molecule has 100 valence electrons. The SMILES string of the molecule is Cc1ccc2ccccc2c1C(N)C1CCCCO1. The third kappa shape index (κ3) is 2.38. The quantitative estimate of drug-likeness (QED) is 0.887. The van der Waals surface area contributed by atoms with Gasteiger partial charge in [-0.1, -0.05) is 36.4 Å². The van der Waals surface area contributed by atoms with Crippen LogP contribution >= 0.6 is 0 Å². The van der Waals surface area contributed by atoms with E-state index < -0.39 is 0 Å². The zero-order valence-electron chi connectivity index (χ0n) is 11.4. The Morgan fingerprint density at radius 1 is 1.16 bits per heavy atom. The first-order valence-electron chi connectivity index (χ1n) is 7.13. The van der Waals surface area contributed by atoms with Gasteiger partial charge in [0.1, 0.15) is 0 Å². The normalized spacial score (nSPS) is 21.5. The molecule has 1 aliphatic rings. The highest BCUT2D eigenvalue weighted by atomic mass is 16.5. The van der Waals surface area contributed by atoms with E-state index in [1.807, 2.05) is 0 Å². The van der Waals surface area contributed by atoms with E-state index in [4.69, 9.17) is 10.5 Å². The van der Waals surface area contributed by atoms with Crippen LogP contribution in [0.4, 0.5) is 0 Å². The summed E-state index contributed by atoms with van der Waals surface area (Å²) in [4.78, 5) is 0. The minimum atomic E-state index is -0.0219. The smallest absolute Gasteiger partial charge is 0.0767 e. The van der Waals surface area contributed by atoms with Gasteiger partial charge in [0.15, 0.2) is 0 Å². The number of nitrogens with two attached hydrogens (primary N) is 1. The first-order chi connectivity index (χ1) is 9.27. The molecule has 2 N–H and O–H groups in total. The second-order valence-corrected chi connectivity index (χ2v) is 5.45. The number of hydrogen-bond acceptors (Lipinski definition) is 2. The summed E-state index contributed by atoms with van der Waals surface area (Å²) in [5.74, 6) is 0. The molecule has 0 amide bonds. The predicted octanol–water partition coefficient (Wildman–Crippen LogP) is 3.72. The fraction of sp³-hybridized carbons (Fsp3) is 0.412.